The third-order valence-corrected chi connectivity index (χ3v) is 1.71. The summed E-state index contributed by atoms with van der Waals surface area (Å²) in [6, 6.07) is 0. The minimum Gasteiger partial charge on any atom is -0.353 e. The van der Waals surface area contributed by atoms with Crippen LogP contribution in [0.15, 0.2) is 0 Å². The molecule has 0 spiro atoms. The summed E-state index contributed by atoms with van der Waals surface area (Å²) < 4.78 is 20.5. The molecule has 0 aromatic carbocycles. The Balaban J connectivity index is 1.93. The van der Waals surface area contributed by atoms with E-state index < -0.39 is 0 Å². The monoisotopic (exact) mass is 146 g/mol. The van der Waals surface area contributed by atoms with Crippen molar-refractivity contribution in [1.82, 2.24) is 0 Å². The van der Waals surface area contributed by atoms with Crippen molar-refractivity contribution in [3.05, 3.63) is 0 Å². The third-order valence-electron chi connectivity index (χ3n) is 1.71. The minimum absolute atomic E-state index is 0.0856. The van der Waals surface area contributed by atoms with E-state index in [1.54, 1.807) is 0 Å². The van der Waals surface area contributed by atoms with Gasteiger partial charge in [0.15, 0.2) is 0 Å². The van der Waals surface area contributed by atoms with Crippen molar-refractivity contribution in [3.8, 4) is 0 Å². The molecule has 10 heavy (non-hydrogen) atoms. The van der Waals surface area contributed by atoms with E-state index in [0.717, 1.165) is 0 Å². The highest BCUT2D eigenvalue weighted by atomic mass is 16.7. The molecular formula is C6H10O4. The Morgan fingerprint density at radius 2 is 1.30 bits per heavy atom. The van der Waals surface area contributed by atoms with Gasteiger partial charge in [0.05, 0.1) is 13.2 Å². The standard InChI is InChI=1S/C6H10O4/c1-5-6(10-3-7-1)2-8-4-9-5/h5-6H,1-4H2/t5-,6+. The second-order valence-corrected chi connectivity index (χ2v) is 2.39. The largest absolute Gasteiger partial charge is 0.353 e. The highest BCUT2D eigenvalue weighted by Gasteiger charge is 2.30. The molecule has 0 amide bonds. The van der Waals surface area contributed by atoms with Crippen LogP contribution in [0, 0.1) is 0 Å². The molecule has 2 atom stereocenters. The second kappa shape index (κ2) is 2.84. The van der Waals surface area contributed by atoms with Crippen molar-refractivity contribution in [2.45, 2.75) is 12.2 Å². The van der Waals surface area contributed by atoms with Gasteiger partial charge >= 0.3 is 0 Å². The fraction of sp³-hybridized carbons (Fsp3) is 1.00. The zero-order chi connectivity index (χ0) is 6.81. The highest BCUT2D eigenvalue weighted by molar-refractivity contribution is 4.73. The number of ether oxygens (including phenoxy) is 4. The Labute approximate surface area is 59.0 Å². The van der Waals surface area contributed by atoms with Crippen LogP contribution in [0.5, 0.6) is 0 Å². The second-order valence-electron chi connectivity index (χ2n) is 2.39. The summed E-state index contributed by atoms with van der Waals surface area (Å²) in [4.78, 5) is 0. The Hall–Kier alpha value is -0.160. The summed E-state index contributed by atoms with van der Waals surface area (Å²) >= 11 is 0. The van der Waals surface area contributed by atoms with Crippen LogP contribution in [0.1, 0.15) is 0 Å². The zero-order valence-electron chi connectivity index (χ0n) is 5.62. The van der Waals surface area contributed by atoms with Crippen LogP contribution >= 0.6 is 0 Å². The molecule has 2 fully saturated rings. The van der Waals surface area contributed by atoms with E-state index in [-0.39, 0.29) is 12.2 Å². The van der Waals surface area contributed by atoms with Gasteiger partial charge in [0.1, 0.15) is 25.8 Å². The molecule has 4 nitrogen and oxygen atoms in total. The molecule has 2 rings (SSSR count). The normalized spacial score (nSPS) is 40.8. The minimum atomic E-state index is 0.0856. The van der Waals surface area contributed by atoms with Gasteiger partial charge in [-0.1, -0.05) is 0 Å². The lowest BCUT2D eigenvalue weighted by Gasteiger charge is -2.34. The van der Waals surface area contributed by atoms with E-state index >= 15 is 0 Å². The van der Waals surface area contributed by atoms with E-state index in [0.29, 0.717) is 26.8 Å². The maximum Gasteiger partial charge on any atom is 0.147 e. The van der Waals surface area contributed by atoms with Crippen LogP contribution in [0.25, 0.3) is 0 Å². The first-order chi connectivity index (χ1) is 4.97. The van der Waals surface area contributed by atoms with Gasteiger partial charge in [0.25, 0.3) is 0 Å². The fourth-order valence-corrected chi connectivity index (χ4v) is 1.13. The molecule has 0 radical (unpaired) electrons. The van der Waals surface area contributed by atoms with Crippen molar-refractivity contribution >= 4 is 0 Å². The Morgan fingerprint density at radius 3 is 1.80 bits per heavy atom. The molecule has 0 bridgehead atoms. The van der Waals surface area contributed by atoms with Crippen LogP contribution in [0.3, 0.4) is 0 Å². The van der Waals surface area contributed by atoms with Crippen molar-refractivity contribution in [1.29, 1.82) is 0 Å². The van der Waals surface area contributed by atoms with Crippen molar-refractivity contribution in [2.75, 3.05) is 26.8 Å². The Kier molecular flexibility index (Phi) is 1.86. The molecule has 58 valence electrons. The summed E-state index contributed by atoms with van der Waals surface area (Å²) in [5.41, 5.74) is 0. The maximum absolute atomic E-state index is 5.21. The first-order valence-electron chi connectivity index (χ1n) is 3.35. The molecule has 2 aliphatic rings. The summed E-state index contributed by atoms with van der Waals surface area (Å²) in [6.07, 6.45) is 0.171. The summed E-state index contributed by atoms with van der Waals surface area (Å²) in [7, 11) is 0. The number of hydrogen-bond acceptors (Lipinski definition) is 4. The first-order valence-corrected chi connectivity index (χ1v) is 3.35. The van der Waals surface area contributed by atoms with Crippen LogP contribution in [-0.2, 0) is 18.9 Å². The van der Waals surface area contributed by atoms with Crippen LogP contribution in [0.4, 0.5) is 0 Å². The van der Waals surface area contributed by atoms with Gasteiger partial charge in [-0.2, -0.15) is 0 Å². The Morgan fingerprint density at radius 1 is 0.800 bits per heavy atom. The third kappa shape index (κ3) is 1.15. The smallest absolute Gasteiger partial charge is 0.147 e. The molecule has 2 heterocycles. The quantitative estimate of drug-likeness (QED) is 0.471. The van der Waals surface area contributed by atoms with E-state index in [2.05, 4.69) is 0 Å². The fourth-order valence-electron chi connectivity index (χ4n) is 1.13. The predicted molar refractivity (Wildman–Crippen MR) is 31.4 cm³/mol. The number of rotatable bonds is 0. The average molecular weight is 146 g/mol. The summed E-state index contributed by atoms with van der Waals surface area (Å²) in [6.45, 7) is 2.00. The molecule has 0 aromatic rings. The lowest BCUT2D eigenvalue weighted by Crippen LogP contribution is -2.47. The summed E-state index contributed by atoms with van der Waals surface area (Å²) in [5.74, 6) is 0. The van der Waals surface area contributed by atoms with Gasteiger partial charge in [-0.05, 0) is 0 Å². The Bertz CT molecular complexity index is 90.3. The van der Waals surface area contributed by atoms with E-state index in [4.69, 9.17) is 18.9 Å². The van der Waals surface area contributed by atoms with Gasteiger partial charge in [-0.3, -0.25) is 0 Å². The average Bonchev–Trinajstić information content (AvgIpc) is 2.05. The van der Waals surface area contributed by atoms with Crippen LogP contribution in [-0.4, -0.2) is 39.0 Å². The van der Waals surface area contributed by atoms with E-state index in [1.807, 2.05) is 0 Å². The SMILES string of the molecule is C1OC[C@H]2OCOC[C@@H]2O1. The molecular weight excluding hydrogens is 136 g/mol. The van der Waals surface area contributed by atoms with E-state index in [1.165, 1.54) is 0 Å². The van der Waals surface area contributed by atoms with E-state index in [9.17, 15) is 0 Å². The highest BCUT2D eigenvalue weighted by Crippen LogP contribution is 2.14. The zero-order valence-corrected chi connectivity index (χ0v) is 5.62. The lowest BCUT2D eigenvalue weighted by atomic mass is 10.2. The van der Waals surface area contributed by atoms with Gasteiger partial charge in [-0.25, -0.2) is 0 Å². The molecule has 4 heteroatoms. The summed E-state index contributed by atoms with van der Waals surface area (Å²) in [5, 5.41) is 0. The number of fused-ring (bicyclic) bond motifs is 1. The molecule has 2 saturated heterocycles. The lowest BCUT2D eigenvalue weighted by molar-refractivity contribution is -0.276. The molecule has 0 saturated carbocycles. The van der Waals surface area contributed by atoms with Gasteiger partial charge in [0.2, 0.25) is 0 Å². The van der Waals surface area contributed by atoms with Gasteiger partial charge in [-0.15, -0.1) is 0 Å². The van der Waals surface area contributed by atoms with Crippen LogP contribution in [0.2, 0.25) is 0 Å². The number of hydrogen-bond donors (Lipinski definition) is 0. The molecule has 0 N–H and O–H groups in total. The van der Waals surface area contributed by atoms with Gasteiger partial charge < -0.3 is 18.9 Å². The van der Waals surface area contributed by atoms with Crippen LogP contribution < -0.4 is 0 Å². The van der Waals surface area contributed by atoms with Gasteiger partial charge in [0, 0.05) is 0 Å². The predicted octanol–water partition coefficient (Wildman–Crippen LogP) is -0.268. The maximum atomic E-state index is 5.21. The molecule has 0 unspecified atom stereocenters. The topological polar surface area (TPSA) is 36.9 Å². The van der Waals surface area contributed by atoms with Crippen molar-refractivity contribution in [2.24, 2.45) is 0 Å². The van der Waals surface area contributed by atoms with Crippen molar-refractivity contribution in [3.63, 3.8) is 0 Å². The first kappa shape index (κ1) is 6.54. The molecule has 2 aliphatic heterocycles. The van der Waals surface area contributed by atoms with Crippen molar-refractivity contribution < 1.29 is 18.9 Å². The molecule has 0 aliphatic carbocycles. The molecule has 0 aromatic heterocycles.